The third kappa shape index (κ3) is 2.81. The highest BCUT2D eigenvalue weighted by atomic mass is 15.2. The first kappa shape index (κ1) is 16.2. The largest absolute Gasteiger partial charge is 0.356 e. The van der Waals surface area contributed by atoms with Crippen molar-refractivity contribution in [1.82, 2.24) is 24.5 Å². The van der Waals surface area contributed by atoms with Gasteiger partial charge in [-0.3, -0.25) is 4.98 Å². The summed E-state index contributed by atoms with van der Waals surface area (Å²) in [5, 5.41) is 0. The Morgan fingerprint density at radius 3 is 2.59 bits per heavy atom. The Labute approximate surface area is 157 Å². The second kappa shape index (κ2) is 6.61. The van der Waals surface area contributed by atoms with Gasteiger partial charge in [0.25, 0.3) is 0 Å². The molecule has 1 fully saturated rings. The molecule has 27 heavy (non-hydrogen) atoms. The van der Waals surface area contributed by atoms with E-state index < -0.39 is 0 Å². The minimum atomic E-state index is 0.490. The third-order valence-corrected chi connectivity index (χ3v) is 5.46. The van der Waals surface area contributed by atoms with E-state index in [0.29, 0.717) is 11.7 Å². The zero-order valence-corrected chi connectivity index (χ0v) is 15.4. The van der Waals surface area contributed by atoms with Crippen molar-refractivity contribution in [3.05, 3.63) is 54.6 Å². The molecular weight excluding hydrogens is 336 g/mol. The Morgan fingerprint density at radius 2 is 1.74 bits per heavy atom. The maximum absolute atomic E-state index is 4.84. The van der Waals surface area contributed by atoms with Gasteiger partial charge in [-0.1, -0.05) is 19.1 Å². The monoisotopic (exact) mass is 358 g/mol. The molecule has 1 aliphatic rings. The Balaban J connectivity index is 1.40. The van der Waals surface area contributed by atoms with E-state index in [-0.39, 0.29) is 0 Å². The molecule has 0 bridgehead atoms. The van der Waals surface area contributed by atoms with E-state index in [1.165, 1.54) is 11.3 Å². The van der Waals surface area contributed by atoms with Gasteiger partial charge in [0.2, 0.25) is 0 Å². The summed E-state index contributed by atoms with van der Waals surface area (Å²) >= 11 is 0. The number of hydrogen-bond donors (Lipinski definition) is 0. The predicted octanol–water partition coefficient (Wildman–Crippen LogP) is 3.78. The van der Waals surface area contributed by atoms with Gasteiger partial charge in [0, 0.05) is 37.9 Å². The molecule has 4 aromatic rings. The highest BCUT2D eigenvalue weighted by Gasteiger charge is 2.24. The van der Waals surface area contributed by atoms with Gasteiger partial charge >= 0.3 is 0 Å². The van der Waals surface area contributed by atoms with Crippen LogP contribution in [0.1, 0.15) is 31.6 Å². The van der Waals surface area contributed by atoms with Crippen LogP contribution in [0.15, 0.2) is 48.8 Å². The minimum Gasteiger partial charge on any atom is -0.356 e. The fraction of sp³-hybridized carbons (Fsp3) is 0.333. The number of aryl methyl sites for hydroxylation is 1. The number of pyridine rings is 1. The summed E-state index contributed by atoms with van der Waals surface area (Å²) in [4.78, 5) is 20.5. The minimum absolute atomic E-state index is 0.490. The van der Waals surface area contributed by atoms with Crippen LogP contribution in [0.3, 0.4) is 0 Å². The van der Waals surface area contributed by atoms with Crippen molar-refractivity contribution in [3.8, 4) is 0 Å². The molecule has 6 nitrogen and oxygen atoms in total. The Hall–Kier alpha value is -3.02. The van der Waals surface area contributed by atoms with Crippen LogP contribution in [0.4, 0.5) is 5.82 Å². The molecule has 0 N–H and O–H groups in total. The normalized spacial score (nSPS) is 15.7. The van der Waals surface area contributed by atoms with Gasteiger partial charge < -0.3 is 9.47 Å². The van der Waals surface area contributed by atoms with Gasteiger partial charge in [-0.15, -0.1) is 0 Å². The Bertz CT molecular complexity index is 1090. The number of aromatic nitrogens is 5. The molecule has 136 valence electrons. The molecule has 1 aliphatic heterocycles. The molecule has 4 heterocycles. The zero-order valence-electron chi connectivity index (χ0n) is 15.4. The van der Waals surface area contributed by atoms with E-state index in [4.69, 9.17) is 9.97 Å². The molecule has 0 amide bonds. The first-order valence-corrected chi connectivity index (χ1v) is 9.62. The van der Waals surface area contributed by atoms with Gasteiger partial charge in [0.1, 0.15) is 17.2 Å². The van der Waals surface area contributed by atoms with Crippen molar-refractivity contribution >= 4 is 28.0 Å². The van der Waals surface area contributed by atoms with E-state index in [0.717, 1.165) is 49.2 Å². The van der Waals surface area contributed by atoms with E-state index in [9.17, 15) is 0 Å². The number of rotatable bonds is 3. The van der Waals surface area contributed by atoms with E-state index in [1.54, 1.807) is 12.4 Å². The topological polar surface area (TPSA) is 59.7 Å². The summed E-state index contributed by atoms with van der Waals surface area (Å²) < 4.78 is 2.46. The fourth-order valence-corrected chi connectivity index (χ4v) is 4.12. The molecule has 0 spiro atoms. The first-order chi connectivity index (χ1) is 13.3. The quantitative estimate of drug-likeness (QED) is 0.558. The second-order valence-corrected chi connectivity index (χ2v) is 7.03. The van der Waals surface area contributed by atoms with E-state index >= 15 is 0 Å². The average molecular weight is 358 g/mol. The van der Waals surface area contributed by atoms with Gasteiger partial charge in [0.15, 0.2) is 5.65 Å². The number of benzene rings is 1. The lowest BCUT2D eigenvalue weighted by molar-refractivity contribution is 0.394. The Kier molecular flexibility index (Phi) is 3.96. The smallest absolute Gasteiger partial charge is 0.180 e. The summed E-state index contributed by atoms with van der Waals surface area (Å²) in [5.41, 5.74) is 3.91. The molecule has 0 saturated carbocycles. The van der Waals surface area contributed by atoms with Crippen molar-refractivity contribution in [1.29, 1.82) is 0 Å². The average Bonchev–Trinajstić information content (AvgIpc) is 3.12. The number of fused-ring (bicyclic) bond motifs is 2. The summed E-state index contributed by atoms with van der Waals surface area (Å²) in [6, 6.07) is 13.0. The molecule has 5 rings (SSSR count). The van der Waals surface area contributed by atoms with Crippen molar-refractivity contribution < 1.29 is 0 Å². The van der Waals surface area contributed by atoms with Crippen LogP contribution in [-0.4, -0.2) is 37.6 Å². The predicted molar refractivity (Wildman–Crippen MR) is 107 cm³/mol. The number of piperidine rings is 1. The molecule has 0 unspecified atom stereocenters. The van der Waals surface area contributed by atoms with Gasteiger partial charge in [-0.2, -0.15) is 0 Å². The highest BCUT2D eigenvalue weighted by molar-refractivity contribution is 5.76. The molecule has 3 aromatic heterocycles. The fourth-order valence-electron chi connectivity index (χ4n) is 4.12. The molecule has 0 aliphatic carbocycles. The summed E-state index contributed by atoms with van der Waals surface area (Å²) in [6.07, 6.45) is 6.54. The van der Waals surface area contributed by atoms with Gasteiger partial charge in [-0.25, -0.2) is 15.0 Å². The van der Waals surface area contributed by atoms with Crippen LogP contribution in [0, 0.1) is 0 Å². The molecule has 0 atom stereocenters. The molecular formula is C21H22N6. The molecule has 0 radical (unpaired) electrons. The van der Waals surface area contributed by atoms with E-state index in [2.05, 4.69) is 56.7 Å². The van der Waals surface area contributed by atoms with Gasteiger partial charge in [-0.05, 0) is 37.1 Å². The number of para-hydroxylation sites is 2. The van der Waals surface area contributed by atoms with Crippen LogP contribution in [-0.2, 0) is 6.42 Å². The highest BCUT2D eigenvalue weighted by Crippen LogP contribution is 2.30. The van der Waals surface area contributed by atoms with Crippen molar-refractivity contribution in [3.63, 3.8) is 0 Å². The molecule has 1 saturated heterocycles. The number of imidazole rings is 1. The van der Waals surface area contributed by atoms with Crippen molar-refractivity contribution in [2.75, 3.05) is 18.0 Å². The van der Waals surface area contributed by atoms with Crippen molar-refractivity contribution in [2.24, 2.45) is 0 Å². The lowest BCUT2D eigenvalue weighted by Gasteiger charge is -2.34. The van der Waals surface area contributed by atoms with Crippen LogP contribution < -0.4 is 4.90 Å². The first-order valence-electron chi connectivity index (χ1n) is 9.62. The summed E-state index contributed by atoms with van der Waals surface area (Å²) in [7, 11) is 0. The van der Waals surface area contributed by atoms with Crippen LogP contribution in [0.25, 0.3) is 22.2 Å². The second-order valence-electron chi connectivity index (χ2n) is 7.03. The van der Waals surface area contributed by atoms with Crippen LogP contribution in [0.2, 0.25) is 0 Å². The third-order valence-electron chi connectivity index (χ3n) is 5.46. The van der Waals surface area contributed by atoms with Gasteiger partial charge in [0.05, 0.1) is 11.0 Å². The van der Waals surface area contributed by atoms with Crippen LogP contribution >= 0.6 is 0 Å². The maximum atomic E-state index is 4.84. The SMILES string of the molecule is CCc1nc2ccccc2n1C1CCN(c2ccc3nccnc3n2)CC1. The maximum Gasteiger partial charge on any atom is 0.180 e. The van der Waals surface area contributed by atoms with Crippen molar-refractivity contribution in [2.45, 2.75) is 32.2 Å². The standard InChI is InChI=1S/C21H22N6/c1-2-19-24-16-5-3-4-6-18(16)27(19)15-9-13-26(14-10-15)20-8-7-17-21(25-20)23-12-11-22-17/h3-8,11-12,15H,2,9-10,13-14H2,1H3. The number of nitrogens with zero attached hydrogens (tertiary/aromatic N) is 6. The van der Waals surface area contributed by atoms with Crippen LogP contribution in [0.5, 0.6) is 0 Å². The lowest BCUT2D eigenvalue weighted by atomic mass is 10.0. The molecule has 1 aromatic carbocycles. The van der Waals surface area contributed by atoms with E-state index in [1.807, 2.05) is 6.07 Å². The summed E-state index contributed by atoms with van der Waals surface area (Å²) in [5.74, 6) is 2.18. The number of anilines is 1. The Morgan fingerprint density at radius 1 is 0.926 bits per heavy atom. The number of hydrogen-bond acceptors (Lipinski definition) is 5. The molecule has 6 heteroatoms. The lowest BCUT2D eigenvalue weighted by Crippen LogP contribution is -2.35. The zero-order chi connectivity index (χ0) is 18.2. The summed E-state index contributed by atoms with van der Waals surface area (Å²) in [6.45, 7) is 4.16.